The van der Waals surface area contributed by atoms with Gasteiger partial charge in [0.25, 0.3) is 6.47 Å². The Labute approximate surface area is 175 Å². The second-order valence-corrected chi connectivity index (χ2v) is 8.47. The number of nitrogens with zero attached hydrogens (tertiary/aromatic N) is 3. The first-order chi connectivity index (χ1) is 14.5. The Morgan fingerprint density at radius 1 is 1.33 bits per heavy atom. The van der Waals surface area contributed by atoms with Gasteiger partial charge in [-0.2, -0.15) is 0 Å². The van der Waals surface area contributed by atoms with Crippen LogP contribution in [-0.4, -0.2) is 74.5 Å². The fourth-order valence-corrected chi connectivity index (χ4v) is 5.11. The number of aromatic amines is 1. The Balaban J connectivity index is 0.000000806. The zero-order chi connectivity index (χ0) is 21.6. The number of H-pyrrole nitrogens is 1. The van der Waals surface area contributed by atoms with Crippen LogP contribution in [-0.2, 0) is 20.9 Å². The molecule has 0 radical (unpaired) electrons. The minimum atomic E-state index is -0.756. The molecule has 4 rings (SSSR count). The Kier molecular flexibility index (Phi) is 7.25. The Hall–Kier alpha value is -2.68. The topological polar surface area (TPSA) is 127 Å². The van der Waals surface area contributed by atoms with Crippen LogP contribution in [0.15, 0.2) is 24.0 Å². The molecule has 1 aliphatic carbocycles. The maximum atomic E-state index is 12.8. The van der Waals surface area contributed by atoms with Crippen LogP contribution in [0.1, 0.15) is 44.3 Å². The molecule has 3 aliphatic rings. The maximum Gasteiger partial charge on any atom is 0.303 e. The van der Waals surface area contributed by atoms with E-state index < -0.39 is 5.97 Å². The molecule has 0 aromatic carbocycles. The molecule has 1 amide bonds. The SMILES string of the molecule is O=C(O)CCC12CN(Cc3ncc[nH]3)CC1CN(C(=O)CC1=CCCC1)C2.O=CO. The lowest BCUT2D eigenvalue weighted by Gasteiger charge is -2.29. The van der Waals surface area contributed by atoms with Crippen LogP contribution in [0.2, 0.25) is 0 Å². The quantitative estimate of drug-likeness (QED) is 0.455. The summed E-state index contributed by atoms with van der Waals surface area (Å²) < 4.78 is 0. The van der Waals surface area contributed by atoms with Crippen LogP contribution in [0.5, 0.6) is 0 Å². The van der Waals surface area contributed by atoms with E-state index in [4.69, 9.17) is 9.90 Å². The fourth-order valence-electron chi connectivity index (χ4n) is 5.11. The fraction of sp³-hybridized carbons (Fsp3) is 0.619. The molecule has 2 aliphatic heterocycles. The Morgan fingerprint density at radius 2 is 2.13 bits per heavy atom. The lowest BCUT2D eigenvalue weighted by atomic mass is 9.77. The van der Waals surface area contributed by atoms with Crippen molar-refractivity contribution >= 4 is 18.3 Å². The van der Waals surface area contributed by atoms with Gasteiger partial charge in [0.1, 0.15) is 5.82 Å². The predicted octanol–water partition coefficient (Wildman–Crippen LogP) is 1.74. The number of aromatic nitrogens is 2. The molecular formula is C21H30N4O5. The van der Waals surface area contributed by atoms with E-state index in [1.54, 1.807) is 6.20 Å². The molecule has 2 unspecified atom stereocenters. The number of aliphatic carboxylic acids is 1. The van der Waals surface area contributed by atoms with E-state index in [1.165, 1.54) is 5.57 Å². The summed E-state index contributed by atoms with van der Waals surface area (Å²) >= 11 is 0. The van der Waals surface area contributed by atoms with Gasteiger partial charge in [-0.1, -0.05) is 11.6 Å². The van der Waals surface area contributed by atoms with E-state index in [2.05, 4.69) is 20.9 Å². The van der Waals surface area contributed by atoms with E-state index in [1.807, 2.05) is 11.1 Å². The molecule has 0 bridgehead atoms. The summed E-state index contributed by atoms with van der Waals surface area (Å²) in [7, 11) is 0. The summed E-state index contributed by atoms with van der Waals surface area (Å²) in [6.45, 7) is 3.66. The molecule has 3 N–H and O–H groups in total. The first kappa shape index (κ1) is 22.0. The van der Waals surface area contributed by atoms with Gasteiger partial charge in [0.15, 0.2) is 0 Å². The van der Waals surface area contributed by atoms with Crippen LogP contribution in [0.25, 0.3) is 0 Å². The van der Waals surface area contributed by atoms with Gasteiger partial charge in [-0.3, -0.25) is 19.3 Å². The summed E-state index contributed by atoms with van der Waals surface area (Å²) in [5.74, 6) is 0.733. The molecule has 9 nitrogen and oxygen atoms in total. The van der Waals surface area contributed by atoms with E-state index in [9.17, 15) is 14.7 Å². The number of hydrogen-bond donors (Lipinski definition) is 3. The monoisotopic (exact) mass is 418 g/mol. The molecule has 0 saturated carbocycles. The van der Waals surface area contributed by atoms with Gasteiger partial charge in [-0.25, -0.2) is 4.98 Å². The molecule has 1 aromatic rings. The van der Waals surface area contributed by atoms with Gasteiger partial charge < -0.3 is 20.1 Å². The third-order valence-corrected chi connectivity index (χ3v) is 6.46. The summed E-state index contributed by atoms with van der Waals surface area (Å²) in [5.41, 5.74) is 1.17. The molecule has 2 fully saturated rings. The van der Waals surface area contributed by atoms with E-state index >= 15 is 0 Å². The normalized spacial score (nSPS) is 25.4. The summed E-state index contributed by atoms with van der Waals surface area (Å²) in [6, 6.07) is 0. The number of imidazole rings is 1. The second-order valence-electron chi connectivity index (χ2n) is 8.47. The Morgan fingerprint density at radius 3 is 2.77 bits per heavy atom. The van der Waals surface area contributed by atoms with Gasteiger partial charge in [0.05, 0.1) is 6.54 Å². The zero-order valence-corrected chi connectivity index (χ0v) is 17.1. The lowest BCUT2D eigenvalue weighted by molar-refractivity contribution is -0.137. The predicted molar refractivity (Wildman–Crippen MR) is 108 cm³/mol. The number of carboxylic acids is 1. The van der Waals surface area contributed by atoms with Gasteiger partial charge >= 0.3 is 5.97 Å². The van der Waals surface area contributed by atoms with Gasteiger partial charge in [-0.05, 0) is 31.6 Å². The number of carboxylic acid groups (broad SMARTS) is 2. The smallest absolute Gasteiger partial charge is 0.303 e. The average Bonchev–Trinajstić information content (AvgIpc) is 3.45. The molecule has 30 heavy (non-hydrogen) atoms. The number of carbonyl (C=O) groups is 3. The van der Waals surface area contributed by atoms with Crippen molar-refractivity contribution in [2.45, 2.75) is 45.1 Å². The lowest BCUT2D eigenvalue weighted by Crippen LogP contribution is -2.37. The van der Waals surface area contributed by atoms with Crippen molar-refractivity contribution in [1.29, 1.82) is 0 Å². The standard InChI is InChI=1S/C20H28N4O3.CH2O2/c25-18(9-15-3-1-2-4-15)24-11-16-10-23(12-17-21-7-8-22-17)13-20(16,14-24)6-5-19(26)27;2-1-3/h3,7-8,16H,1-2,4-6,9-14H2,(H,21,22)(H,26,27);1H,(H,2,3). The van der Waals surface area contributed by atoms with Crippen molar-refractivity contribution in [2.75, 3.05) is 26.2 Å². The number of rotatable bonds is 7. The van der Waals surface area contributed by atoms with Crippen molar-refractivity contribution in [2.24, 2.45) is 11.3 Å². The number of likely N-dealkylation sites (tertiary alicyclic amines) is 2. The van der Waals surface area contributed by atoms with Crippen molar-refractivity contribution in [1.82, 2.24) is 19.8 Å². The molecule has 164 valence electrons. The van der Waals surface area contributed by atoms with Crippen molar-refractivity contribution in [3.05, 3.63) is 29.9 Å². The molecule has 9 heteroatoms. The third kappa shape index (κ3) is 5.27. The van der Waals surface area contributed by atoms with Gasteiger partial charge in [0.2, 0.25) is 5.91 Å². The van der Waals surface area contributed by atoms with Crippen molar-refractivity contribution in [3.8, 4) is 0 Å². The minimum Gasteiger partial charge on any atom is -0.483 e. The highest BCUT2D eigenvalue weighted by atomic mass is 16.4. The summed E-state index contributed by atoms with van der Waals surface area (Å²) in [4.78, 5) is 44.2. The first-order valence-corrected chi connectivity index (χ1v) is 10.4. The zero-order valence-electron chi connectivity index (χ0n) is 17.1. The highest BCUT2D eigenvalue weighted by molar-refractivity contribution is 5.79. The van der Waals surface area contributed by atoms with E-state index in [0.29, 0.717) is 25.3 Å². The first-order valence-electron chi connectivity index (χ1n) is 10.4. The molecule has 2 saturated heterocycles. The summed E-state index contributed by atoms with van der Waals surface area (Å²) in [5, 5.41) is 16.1. The highest BCUT2D eigenvalue weighted by Crippen LogP contribution is 2.46. The molecule has 1 aromatic heterocycles. The van der Waals surface area contributed by atoms with Crippen LogP contribution in [0.3, 0.4) is 0 Å². The second kappa shape index (κ2) is 9.88. The minimum absolute atomic E-state index is 0.106. The van der Waals surface area contributed by atoms with Crippen molar-refractivity contribution in [3.63, 3.8) is 0 Å². The number of nitrogens with one attached hydrogen (secondary N) is 1. The molecule has 3 heterocycles. The Bertz CT molecular complexity index is 778. The average molecular weight is 418 g/mol. The van der Waals surface area contributed by atoms with Crippen molar-refractivity contribution < 1.29 is 24.6 Å². The van der Waals surface area contributed by atoms with Gasteiger partial charge in [0, 0.05) is 56.8 Å². The van der Waals surface area contributed by atoms with E-state index in [0.717, 1.165) is 51.3 Å². The van der Waals surface area contributed by atoms with Crippen LogP contribution in [0.4, 0.5) is 0 Å². The maximum absolute atomic E-state index is 12.8. The largest absolute Gasteiger partial charge is 0.483 e. The van der Waals surface area contributed by atoms with E-state index in [-0.39, 0.29) is 24.2 Å². The number of amides is 1. The number of hydrogen-bond acceptors (Lipinski definition) is 5. The van der Waals surface area contributed by atoms with Gasteiger partial charge in [-0.15, -0.1) is 0 Å². The van der Waals surface area contributed by atoms with Crippen LogP contribution >= 0.6 is 0 Å². The number of fused-ring (bicyclic) bond motifs is 1. The van der Waals surface area contributed by atoms with Crippen LogP contribution < -0.4 is 0 Å². The number of allylic oxidation sites excluding steroid dienone is 1. The molecular weight excluding hydrogens is 388 g/mol. The highest BCUT2D eigenvalue weighted by Gasteiger charge is 2.53. The molecule has 0 spiro atoms. The third-order valence-electron chi connectivity index (χ3n) is 6.46. The summed E-state index contributed by atoms with van der Waals surface area (Å²) in [6.07, 6.45) is 10.4. The number of carbonyl (C=O) groups excluding carboxylic acids is 1. The molecule has 2 atom stereocenters. The van der Waals surface area contributed by atoms with Crippen LogP contribution in [0, 0.1) is 11.3 Å².